The molecule has 0 saturated heterocycles. The van der Waals surface area contributed by atoms with Gasteiger partial charge in [-0.25, -0.2) is 4.79 Å². The number of hydrogen-bond acceptors (Lipinski definition) is 8. The number of methoxy groups -OCH3 is 1. The zero-order valence-electron chi connectivity index (χ0n) is 16.7. The van der Waals surface area contributed by atoms with Crippen LogP contribution in [0.2, 0.25) is 0 Å². The lowest BCUT2D eigenvalue weighted by Gasteiger charge is -2.16. The van der Waals surface area contributed by atoms with Gasteiger partial charge in [0.2, 0.25) is 5.91 Å². The van der Waals surface area contributed by atoms with Crippen molar-refractivity contribution in [3.05, 3.63) is 71.4 Å². The molecular formula is C22H19N3O6. The number of hydrogen-bond donors (Lipinski definition) is 1. The maximum atomic E-state index is 12.3. The van der Waals surface area contributed by atoms with Gasteiger partial charge < -0.3 is 24.1 Å². The normalized spacial score (nSPS) is 12.2. The molecule has 0 radical (unpaired) electrons. The van der Waals surface area contributed by atoms with E-state index in [1.807, 2.05) is 24.3 Å². The Morgan fingerprint density at radius 3 is 2.81 bits per heavy atom. The lowest BCUT2D eigenvalue weighted by molar-refractivity contribution is -0.141. The molecule has 3 aromatic rings. The fourth-order valence-electron chi connectivity index (χ4n) is 2.96. The van der Waals surface area contributed by atoms with Gasteiger partial charge in [0, 0.05) is 5.56 Å². The number of nitrogens with one attached hydrogen (secondary N) is 1. The smallest absolute Gasteiger partial charge is 0.338 e. The predicted octanol–water partition coefficient (Wildman–Crippen LogP) is 2.78. The highest BCUT2D eigenvalue weighted by Gasteiger charge is 2.20. The zero-order valence-corrected chi connectivity index (χ0v) is 16.7. The van der Waals surface area contributed by atoms with Gasteiger partial charge in [0.1, 0.15) is 18.1 Å². The third-order valence-electron chi connectivity index (χ3n) is 4.43. The highest BCUT2D eigenvalue weighted by atomic mass is 16.6. The Morgan fingerprint density at radius 2 is 1.94 bits per heavy atom. The van der Waals surface area contributed by atoms with Gasteiger partial charge in [0.05, 0.1) is 24.8 Å². The maximum absolute atomic E-state index is 12.3. The molecule has 2 heterocycles. The van der Waals surface area contributed by atoms with E-state index in [1.54, 1.807) is 30.3 Å². The van der Waals surface area contributed by atoms with E-state index in [1.165, 1.54) is 7.11 Å². The molecule has 0 bridgehead atoms. The Bertz CT molecular complexity index is 1140. The summed E-state index contributed by atoms with van der Waals surface area (Å²) in [5, 5.41) is 6.48. The van der Waals surface area contributed by atoms with Gasteiger partial charge in [-0.05, 0) is 24.3 Å². The van der Waals surface area contributed by atoms with Crippen LogP contribution in [0.15, 0.2) is 58.6 Å². The second kappa shape index (κ2) is 9.12. The van der Waals surface area contributed by atoms with Crippen LogP contribution in [0.5, 0.6) is 11.5 Å². The summed E-state index contributed by atoms with van der Waals surface area (Å²) in [6.07, 6.45) is 1.62. The number of carbonyl (C=O) groups is 2. The molecule has 0 saturated carbocycles. The summed E-state index contributed by atoms with van der Waals surface area (Å²) in [4.78, 5) is 28.6. The van der Waals surface area contributed by atoms with E-state index in [2.05, 4.69) is 15.5 Å². The van der Waals surface area contributed by atoms with Gasteiger partial charge in [-0.15, -0.1) is 0 Å². The van der Waals surface area contributed by atoms with Crippen molar-refractivity contribution in [2.24, 2.45) is 0 Å². The summed E-state index contributed by atoms with van der Waals surface area (Å²) in [5.41, 5.74) is 1.73. The highest BCUT2D eigenvalue weighted by molar-refractivity contribution is 5.95. The van der Waals surface area contributed by atoms with Crippen molar-refractivity contribution in [3.63, 3.8) is 0 Å². The first kappa shape index (κ1) is 20.1. The first-order valence-electron chi connectivity index (χ1n) is 9.46. The fourth-order valence-corrected chi connectivity index (χ4v) is 2.96. The van der Waals surface area contributed by atoms with Gasteiger partial charge in [-0.3, -0.25) is 4.79 Å². The molecule has 0 aliphatic carbocycles. The second-order valence-electron chi connectivity index (χ2n) is 6.60. The van der Waals surface area contributed by atoms with Crippen molar-refractivity contribution >= 4 is 23.6 Å². The number of rotatable bonds is 7. The molecule has 1 N–H and O–H groups in total. The van der Waals surface area contributed by atoms with Gasteiger partial charge in [-0.1, -0.05) is 35.5 Å². The fraction of sp³-hybridized carbons (Fsp3) is 0.182. The van der Waals surface area contributed by atoms with Gasteiger partial charge in [-0.2, -0.15) is 4.98 Å². The number of para-hydroxylation sites is 3. The monoisotopic (exact) mass is 421 g/mol. The SMILES string of the molecule is COc1ccccc1NC(=O)Cc1noc(COC(=O)C2=Cc3ccccc3OC2)n1. The minimum Gasteiger partial charge on any atom is -0.495 e. The molecule has 0 fully saturated rings. The topological polar surface area (TPSA) is 113 Å². The first-order valence-corrected chi connectivity index (χ1v) is 9.46. The van der Waals surface area contributed by atoms with Crippen LogP contribution in [0.1, 0.15) is 17.3 Å². The molecule has 0 unspecified atom stereocenters. The minimum absolute atomic E-state index is 0.0890. The molecule has 2 aromatic carbocycles. The van der Waals surface area contributed by atoms with E-state index >= 15 is 0 Å². The summed E-state index contributed by atoms with van der Waals surface area (Å²) < 4.78 is 21.0. The Hall–Kier alpha value is -4.14. The Kier molecular flexibility index (Phi) is 5.93. The third-order valence-corrected chi connectivity index (χ3v) is 4.43. The summed E-state index contributed by atoms with van der Waals surface area (Å²) in [6.45, 7) is -0.0903. The number of ether oxygens (including phenoxy) is 3. The second-order valence-corrected chi connectivity index (χ2v) is 6.60. The summed E-state index contributed by atoms with van der Waals surface area (Å²) >= 11 is 0. The zero-order chi connectivity index (χ0) is 21.6. The first-order chi connectivity index (χ1) is 15.1. The van der Waals surface area contributed by atoms with Crippen LogP contribution >= 0.6 is 0 Å². The highest BCUT2D eigenvalue weighted by Crippen LogP contribution is 2.26. The van der Waals surface area contributed by atoms with Crippen LogP contribution in [0.4, 0.5) is 5.69 Å². The number of aromatic nitrogens is 2. The van der Waals surface area contributed by atoms with Crippen LogP contribution in [-0.2, 0) is 27.4 Å². The Balaban J connectivity index is 1.31. The molecular weight excluding hydrogens is 402 g/mol. The van der Waals surface area contributed by atoms with Crippen LogP contribution < -0.4 is 14.8 Å². The van der Waals surface area contributed by atoms with E-state index in [4.69, 9.17) is 18.7 Å². The number of nitrogens with zero attached hydrogens (tertiary/aromatic N) is 2. The van der Waals surface area contributed by atoms with Gasteiger partial charge in [0.15, 0.2) is 12.4 Å². The number of carbonyl (C=O) groups excluding carboxylic acids is 2. The van der Waals surface area contributed by atoms with Crippen molar-refractivity contribution in [2.75, 3.05) is 19.0 Å². The quantitative estimate of drug-likeness (QED) is 0.580. The number of fused-ring (bicyclic) bond motifs is 1. The number of benzene rings is 2. The number of esters is 1. The van der Waals surface area contributed by atoms with Gasteiger partial charge >= 0.3 is 5.97 Å². The lowest BCUT2D eigenvalue weighted by Crippen LogP contribution is -2.17. The van der Waals surface area contributed by atoms with Crippen molar-refractivity contribution in [2.45, 2.75) is 13.0 Å². The average molecular weight is 421 g/mol. The molecule has 0 spiro atoms. The van der Waals surface area contributed by atoms with E-state index in [9.17, 15) is 9.59 Å². The van der Waals surface area contributed by atoms with E-state index in [0.29, 0.717) is 22.8 Å². The predicted molar refractivity (Wildman–Crippen MR) is 109 cm³/mol. The molecule has 1 amide bonds. The van der Waals surface area contributed by atoms with Crippen LogP contribution in [0, 0.1) is 0 Å². The minimum atomic E-state index is -0.539. The summed E-state index contributed by atoms with van der Waals surface area (Å²) in [5.74, 6) is 0.645. The van der Waals surface area contributed by atoms with Crippen molar-refractivity contribution in [3.8, 4) is 11.5 Å². The summed E-state index contributed by atoms with van der Waals surface area (Å²) in [6, 6.07) is 14.4. The number of anilines is 1. The molecule has 1 aromatic heterocycles. The van der Waals surface area contributed by atoms with Gasteiger partial charge in [0.25, 0.3) is 5.89 Å². The Labute approximate surface area is 177 Å². The molecule has 9 nitrogen and oxygen atoms in total. The molecule has 0 atom stereocenters. The van der Waals surface area contributed by atoms with Crippen LogP contribution in [0.3, 0.4) is 0 Å². The molecule has 9 heteroatoms. The van der Waals surface area contributed by atoms with E-state index in [0.717, 1.165) is 5.56 Å². The van der Waals surface area contributed by atoms with Crippen molar-refractivity contribution in [1.82, 2.24) is 10.1 Å². The molecule has 31 heavy (non-hydrogen) atoms. The lowest BCUT2D eigenvalue weighted by atomic mass is 10.1. The van der Waals surface area contributed by atoms with Crippen molar-refractivity contribution in [1.29, 1.82) is 0 Å². The third kappa shape index (κ3) is 4.89. The molecule has 1 aliphatic heterocycles. The van der Waals surface area contributed by atoms with Crippen molar-refractivity contribution < 1.29 is 28.3 Å². The molecule has 158 valence electrons. The number of amides is 1. The molecule has 1 aliphatic rings. The Morgan fingerprint density at radius 1 is 1.13 bits per heavy atom. The van der Waals surface area contributed by atoms with E-state index in [-0.39, 0.29) is 37.3 Å². The van der Waals surface area contributed by atoms with E-state index < -0.39 is 5.97 Å². The standard InChI is InChI=1S/C22H19N3O6/c1-28-18-9-5-3-7-16(18)23-20(26)11-19-24-21(31-25-19)13-30-22(27)15-10-14-6-2-4-8-17(14)29-12-15/h2-10H,11-13H2,1H3,(H,23,26). The maximum Gasteiger partial charge on any atom is 0.338 e. The average Bonchev–Trinajstić information content (AvgIpc) is 3.24. The molecule has 4 rings (SSSR count). The summed E-state index contributed by atoms with van der Waals surface area (Å²) in [7, 11) is 1.52. The van der Waals surface area contributed by atoms with Crippen LogP contribution in [-0.4, -0.2) is 35.7 Å². The largest absolute Gasteiger partial charge is 0.495 e. The van der Waals surface area contributed by atoms with Crippen LogP contribution in [0.25, 0.3) is 6.08 Å².